The molecule has 0 fully saturated rings. The SMILES string of the molecule is C(=[NH+]c1ccccc1)C1=C(c2ccccc2)/C(=C/Nc2ccccc2)CC1.[Cl-]. The van der Waals surface area contributed by atoms with Crippen LogP contribution in [0.2, 0.25) is 0 Å². The third kappa shape index (κ3) is 4.79. The predicted molar refractivity (Wildman–Crippen MR) is 114 cm³/mol. The minimum atomic E-state index is 0. The Labute approximate surface area is 172 Å². The summed E-state index contributed by atoms with van der Waals surface area (Å²) in [5.74, 6) is 0. The van der Waals surface area contributed by atoms with Crippen LogP contribution in [0.1, 0.15) is 18.4 Å². The Morgan fingerprint density at radius 2 is 1.32 bits per heavy atom. The molecule has 0 spiro atoms. The number of nitrogens with one attached hydrogen (secondary N) is 2. The van der Waals surface area contributed by atoms with Crippen LogP contribution in [0.4, 0.5) is 11.4 Å². The Kier molecular flexibility index (Phi) is 6.83. The lowest BCUT2D eigenvalue weighted by molar-refractivity contribution is -0.347. The standard InChI is InChI=1S/C25H22N2.ClH/c1-4-10-20(11-5-1)25-21(18-26-23-12-6-2-7-13-23)16-17-22(25)19-27-24-14-8-3-9-15-24;/h1-15,18-19,26H,16-17H2;1H/b21-18+,27-19?;. The van der Waals surface area contributed by atoms with E-state index in [1.54, 1.807) is 0 Å². The van der Waals surface area contributed by atoms with Crippen LogP contribution in [0.3, 0.4) is 0 Å². The highest BCUT2D eigenvalue weighted by Gasteiger charge is 2.21. The number of hydrogen-bond acceptors (Lipinski definition) is 1. The van der Waals surface area contributed by atoms with E-state index in [1.807, 2.05) is 36.4 Å². The predicted octanol–water partition coefficient (Wildman–Crippen LogP) is 1.72. The summed E-state index contributed by atoms with van der Waals surface area (Å²) in [5.41, 5.74) is 7.48. The Morgan fingerprint density at radius 3 is 2.00 bits per heavy atom. The first-order valence-electron chi connectivity index (χ1n) is 9.34. The quantitative estimate of drug-likeness (QED) is 0.641. The largest absolute Gasteiger partial charge is 1.00 e. The summed E-state index contributed by atoms with van der Waals surface area (Å²) in [6, 6.07) is 31.2. The monoisotopic (exact) mass is 386 g/mol. The van der Waals surface area contributed by atoms with Crippen LogP contribution < -0.4 is 22.7 Å². The van der Waals surface area contributed by atoms with Crippen LogP contribution in [0.25, 0.3) is 5.57 Å². The second-order valence-corrected chi connectivity index (χ2v) is 6.60. The molecule has 3 heteroatoms. The lowest BCUT2D eigenvalue weighted by atomic mass is 9.99. The number of allylic oxidation sites excluding steroid dienone is 3. The summed E-state index contributed by atoms with van der Waals surface area (Å²) < 4.78 is 0. The van der Waals surface area contributed by atoms with Gasteiger partial charge in [-0.05, 0) is 41.7 Å². The maximum atomic E-state index is 3.45. The molecule has 4 rings (SSSR count). The van der Waals surface area contributed by atoms with Gasteiger partial charge in [0, 0.05) is 29.6 Å². The number of para-hydroxylation sites is 2. The second kappa shape index (κ2) is 9.72. The molecule has 0 saturated heterocycles. The number of benzene rings is 3. The molecule has 3 aromatic rings. The highest BCUT2D eigenvalue weighted by atomic mass is 35.5. The highest BCUT2D eigenvalue weighted by Crippen LogP contribution is 2.37. The van der Waals surface area contributed by atoms with Crippen LogP contribution in [0, 0.1) is 0 Å². The van der Waals surface area contributed by atoms with Gasteiger partial charge in [0.15, 0.2) is 6.21 Å². The van der Waals surface area contributed by atoms with Gasteiger partial charge in [-0.2, -0.15) is 0 Å². The first kappa shape index (κ1) is 19.7. The van der Waals surface area contributed by atoms with E-state index in [4.69, 9.17) is 0 Å². The molecule has 0 bridgehead atoms. The fraction of sp³-hybridized carbons (Fsp3) is 0.0800. The molecule has 0 radical (unpaired) electrons. The molecule has 2 N–H and O–H groups in total. The third-order valence-electron chi connectivity index (χ3n) is 4.74. The molecule has 0 heterocycles. The van der Waals surface area contributed by atoms with E-state index >= 15 is 0 Å². The van der Waals surface area contributed by atoms with Crippen LogP contribution in [-0.2, 0) is 0 Å². The molecule has 28 heavy (non-hydrogen) atoms. The summed E-state index contributed by atoms with van der Waals surface area (Å²) in [6.45, 7) is 0. The minimum absolute atomic E-state index is 0. The van der Waals surface area contributed by atoms with Crippen molar-refractivity contribution in [2.24, 2.45) is 0 Å². The van der Waals surface area contributed by atoms with Crippen molar-refractivity contribution in [3.63, 3.8) is 0 Å². The fourth-order valence-electron chi connectivity index (χ4n) is 3.40. The van der Waals surface area contributed by atoms with E-state index in [9.17, 15) is 0 Å². The van der Waals surface area contributed by atoms with Gasteiger partial charge in [0.05, 0.1) is 0 Å². The summed E-state index contributed by atoms with van der Waals surface area (Å²) >= 11 is 0. The van der Waals surface area contributed by atoms with E-state index in [2.05, 4.69) is 77.3 Å². The molecule has 2 nitrogen and oxygen atoms in total. The van der Waals surface area contributed by atoms with Crippen molar-refractivity contribution in [2.45, 2.75) is 12.8 Å². The lowest BCUT2D eigenvalue weighted by Crippen LogP contribution is -3.00. The average molecular weight is 387 g/mol. The zero-order chi connectivity index (χ0) is 18.3. The molecule has 1 aliphatic rings. The van der Waals surface area contributed by atoms with E-state index in [0.29, 0.717) is 0 Å². The van der Waals surface area contributed by atoms with Crippen molar-refractivity contribution >= 4 is 23.2 Å². The summed E-state index contributed by atoms with van der Waals surface area (Å²) in [6.07, 6.45) is 6.38. The number of rotatable bonds is 5. The molecule has 0 aromatic heterocycles. The highest BCUT2D eigenvalue weighted by molar-refractivity contribution is 5.97. The van der Waals surface area contributed by atoms with Crippen molar-refractivity contribution in [2.75, 3.05) is 5.32 Å². The molecule has 0 aliphatic heterocycles. The van der Waals surface area contributed by atoms with E-state index in [0.717, 1.165) is 24.2 Å². The van der Waals surface area contributed by atoms with Gasteiger partial charge in [-0.15, -0.1) is 0 Å². The van der Waals surface area contributed by atoms with Gasteiger partial charge in [0.2, 0.25) is 5.69 Å². The third-order valence-corrected chi connectivity index (χ3v) is 4.74. The van der Waals surface area contributed by atoms with Gasteiger partial charge >= 0.3 is 0 Å². The van der Waals surface area contributed by atoms with E-state index < -0.39 is 0 Å². The van der Waals surface area contributed by atoms with Crippen molar-refractivity contribution in [1.82, 2.24) is 0 Å². The maximum absolute atomic E-state index is 3.45. The number of halogens is 1. The van der Waals surface area contributed by atoms with Crippen molar-refractivity contribution in [1.29, 1.82) is 0 Å². The first-order chi connectivity index (χ1) is 13.4. The molecule has 0 atom stereocenters. The molecule has 0 saturated carbocycles. The number of hydrogen-bond donors (Lipinski definition) is 2. The van der Waals surface area contributed by atoms with Gasteiger partial charge in [0.25, 0.3) is 0 Å². The summed E-state index contributed by atoms with van der Waals surface area (Å²) in [7, 11) is 0. The maximum Gasteiger partial charge on any atom is 0.203 e. The van der Waals surface area contributed by atoms with Crippen molar-refractivity contribution < 1.29 is 17.4 Å². The Hall–Kier alpha value is -3.10. The van der Waals surface area contributed by atoms with Crippen LogP contribution in [-0.4, -0.2) is 6.21 Å². The molecular weight excluding hydrogens is 364 g/mol. The Bertz CT molecular complexity index is 975. The second-order valence-electron chi connectivity index (χ2n) is 6.60. The summed E-state index contributed by atoms with van der Waals surface area (Å²) in [5, 5.41) is 3.45. The van der Waals surface area contributed by atoms with Gasteiger partial charge in [-0.1, -0.05) is 66.7 Å². The van der Waals surface area contributed by atoms with E-state index in [-0.39, 0.29) is 12.4 Å². The smallest absolute Gasteiger partial charge is 0.203 e. The molecule has 0 unspecified atom stereocenters. The summed E-state index contributed by atoms with van der Waals surface area (Å²) in [4.78, 5) is 3.45. The zero-order valence-electron chi connectivity index (χ0n) is 15.6. The molecule has 0 amide bonds. The Balaban J connectivity index is 0.00000225. The van der Waals surface area contributed by atoms with Crippen LogP contribution >= 0.6 is 0 Å². The fourth-order valence-corrected chi connectivity index (χ4v) is 3.40. The topological polar surface area (TPSA) is 26.0 Å². The Morgan fingerprint density at radius 1 is 0.714 bits per heavy atom. The lowest BCUT2D eigenvalue weighted by Gasteiger charge is -2.08. The van der Waals surface area contributed by atoms with Crippen molar-refractivity contribution in [3.8, 4) is 0 Å². The molecule has 3 aromatic carbocycles. The van der Waals surface area contributed by atoms with Crippen LogP contribution in [0.5, 0.6) is 0 Å². The first-order valence-corrected chi connectivity index (χ1v) is 9.34. The van der Waals surface area contributed by atoms with Gasteiger partial charge in [-0.3, -0.25) is 0 Å². The zero-order valence-corrected chi connectivity index (χ0v) is 16.4. The van der Waals surface area contributed by atoms with Crippen molar-refractivity contribution in [3.05, 3.63) is 114 Å². The molecule has 140 valence electrons. The van der Waals surface area contributed by atoms with Gasteiger partial charge in [0.1, 0.15) is 0 Å². The van der Waals surface area contributed by atoms with E-state index in [1.165, 1.54) is 22.3 Å². The van der Waals surface area contributed by atoms with Crippen LogP contribution in [0.15, 0.2) is 108 Å². The minimum Gasteiger partial charge on any atom is -1.00 e. The normalized spacial score (nSPS) is 15.1. The van der Waals surface area contributed by atoms with Gasteiger partial charge < -0.3 is 17.7 Å². The molecule has 1 aliphatic carbocycles. The van der Waals surface area contributed by atoms with Gasteiger partial charge in [-0.25, -0.2) is 4.99 Å². The average Bonchev–Trinajstić information content (AvgIpc) is 3.16. The number of anilines is 1. The molecular formula is C25H23ClN2.